The highest BCUT2D eigenvalue weighted by molar-refractivity contribution is 7.13. The molecule has 150 valence electrons. The van der Waals surface area contributed by atoms with Crippen LogP contribution in [0.1, 0.15) is 5.69 Å². The van der Waals surface area contributed by atoms with E-state index in [1.54, 1.807) is 24.3 Å². The largest absolute Gasteiger partial charge is 0.447 e. The van der Waals surface area contributed by atoms with E-state index in [1.807, 2.05) is 35.7 Å². The van der Waals surface area contributed by atoms with Gasteiger partial charge in [0.25, 0.3) is 0 Å². The summed E-state index contributed by atoms with van der Waals surface area (Å²) in [6, 6.07) is 16.7. The summed E-state index contributed by atoms with van der Waals surface area (Å²) in [7, 11) is 1.53. The molecule has 29 heavy (non-hydrogen) atoms. The molecule has 7 nitrogen and oxygen atoms in total. The molecule has 3 aromatic rings. The Morgan fingerprint density at radius 1 is 1.00 bits per heavy atom. The Balaban J connectivity index is 1.54. The van der Waals surface area contributed by atoms with E-state index in [9.17, 15) is 9.59 Å². The average molecular weight is 411 g/mol. The Morgan fingerprint density at radius 3 is 2.52 bits per heavy atom. The van der Waals surface area contributed by atoms with Crippen LogP contribution in [0, 0.1) is 0 Å². The number of methoxy groups -OCH3 is 1. The van der Waals surface area contributed by atoms with E-state index in [0.717, 1.165) is 10.6 Å². The quantitative estimate of drug-likeness (QED) is 0.543. The van der Waals surface area contributed by atoms with Crippen LogP contribution >= 0.6 is 11.3 Å². The zero-order chi connectivity index (χ0) is 20.5. The second kappa shape index (κ2) is 10.4. The molecule has 2 amide bonds. The van der Waals surface area contributed by atoms with Crippen LogP contribution in [0.2, 0.25) is 0 Å². The molecule has 0 saturated heterocycles. The van der Waals surface area contributed by atoms with Crippen LogP contribution in [-0.2, 0) is 20.7 Å². The number of hydrogen-bond acceptors (Lipinski definition) is 6. The number of ether oxygens (including phenoxy) is 2. The van der Waals surface area contributed by atoms with Crippen molar-refractivity contribution in [2.75, 3.05) is 31.0 Å². The Kier molecular flexibility index (Phi) is 7.32. The molecule has 0 unspecified atom stereocenters. The maximum Gasteiger partial charge on any atom is 0.411 e. The molecule has 0 fully saturated rings. The molecule has 8 heteroatoms. The zero-order valence-corrected chi connectivity index (χ0v) is 16.7. The second-order valence-electron chi connectivity index (χ2n) is 6.07. The third kappa shape index (κ3) is 6.41. The third-order valence-corrected chi connectivity index (χ3v) is 4.77. The van der Waals surface area contributed by atoms with Gasteiger partial charge in [0, 0.05) is 29.4 Å². The molecule has 2 N–H and O–H groups in total. The smallest absolute Gasteiger partial charge is 0.411 e. The van der Waals surface area contributed by atoms with Crippen molar-refractivity contribution in [3.63, 3.8) is 0 Å². The number of rotatable bonds is 8. The molecule has 0 atom stereocenters. The highest BCUT2D eigenvalue weighted by atomic mass is 32.1. The fourth-order valence-corrected chi connectivity index (χ4v) is 3.34. The summed E-state index contributed by atoms with van der Waals surface area (Å²) < 4.78 is 9.78. The summed E-state index contributed by atoms with van der Waals surface area (Å²) in [6.07, 6.45) is -0.415. The molecule has 0 radical (unpaired) electrons. The fourth-order valence-electron chi connectivity index (χ4n) is 2.52. The van der Waals surface area contributed by atoms with Crippen molar-refractivity contribution < 1.29 is 19.1 Å². The normalized spacial score (nSPS) is 10.4. The lowest BCUT2D eigenvalue weighted by Gasteiger charge is -2.09. The molecular weight excluding hydrogens is 390 g/mol. The number of aromatic nitrogens is 1. The van der Waals surface area contributed by atoms with Crippen LogP contribution in [0.5, 0.6) is 0 Å². The molecule has 0 saturated carbocycles. The highest BCUT2D eigenvalue weighted by Crippen LogP contribution is 2.23. The van der Waals surface area contributed by atoms with Gasteiger partial charge in [-0.25, -0.2) is 9.78 Å². The van der Waals surface area contributed by atoms with Crippen LogP contribution in [0.3, 0.4) is 0 Å². The van der Waals surface area contributed by atoms with Gasteiger partial charge in [-0.3, -0.25) is 10.1 Å². The van der Waals surface area contributed by atoms with Gasteiger partial charge >= 0.3 is 6.09 Å². The topological polar surface area (TPSA) is 89.5 Å². The molecule has 0 aliphatic carbocycles. The standard InChI is InChI=1S/C21H21N3O4S/c1-27-10-11-28-21(26)24-17-9-5-8-16(12-17)22-19(25)13-18-14-29-20(23-18)15-6-3-2-4-7-15/h2-9,12,14H,10-11,13H2,1H3,(H,22,25)(H,24,26). The van der Waals surface area contributed by atoms with Gasteiger partial charge in [-0.1, -0.05) is 36.4 Å². The number of nitrogens with zero attached hydrogens (tertiary/aromatic N) is 1. The number of anilines is 2. The van der Waals surface area contributed by atoms with Crippen molar-refractivity contribution >= 4 is 34.7 Å². The lowest BCUT2D eigenvalue weighted by Crippen LogP contribution is -2.17. The van der Waals surface area contributed by atoms with Crippen LogP contribution in [0.4, 0.5) is 16.2 Å². The zero-order valence-electron chi connectivity index (χ0n) is 15.9. The van der Waals surface area contributed by atoms with Gasteiger partial charge in [0.1, 0.15) is 11.6 Å². The molecule has 1 aromatic heterocycles. The minimum atomic E-state index is -0.582. The number of amides is 2. The first kappa shape index (κ1) is 20.5. The lowest BCUT2D eigenvalue weighted by atomic mass is 10.2. The minimum absolute atomic E-state index is 0.164. The minimum Gasteiger partial charge on any atom is -0.447 e. The fraction of sp³-hybridized carbons (Fsp3) is 0.190. The first-order valence-corrected chi connectivity index (χ1v) is 9.84. The average Bonchev–Trinajstić information content (AvgIpc) is 3.17. The Labute approximate surface area is 172 Å². The number of benzene rings is 2. The first-order valence-electron chi connectivity index (χ1n) is 8.96. The van der Waals surface area contributed by atoms with Crippen molar-refractivity contribution in [2.45, 2.75) is 6.42 Å². The van der Waals surface area contributed by atoms with Gasteiger partial charge < -0.3 is 14.8 Å². The van der Waals surface area contributed by atoms with Gasteiger partial charge in [-0.15, -0.1) is 11.3 Å². The van der Waals surface area contributed by atoms with Crippen molar-refractivity contribution in [1.82, 2.24) is 4.98 Å². The SMILES string of the molecule is COCCOC(=O)Nc1cccc(NC(=O)Cc2csc(-c3ccccc3)n2)c1. The van der Waals surface area contributed by atoms with Crippen LogP contribution < -0.4 is 10.6 Å². The van der Waals surface area contributed by atoms with Crippen LogP contribution in [-0.4, -0.2) is 37.3 Å². The van der Waals surface area contributed by atoms with Gasteiger partial charge in [-0.05, 0) is 18.2 Å². The predicted molar refractivity (Wildman–Crippen MR) is 113 cm³/mol. The van der Waals surface area contributed by atoms with Crippen molar-refractivity contribution in [1.29, 1.82) is 0 Å². The molecule has 0 spiro atoms. The van der Waals surface area contributed by atoms with E-state index >= 15 is 0 Å². The van der Waals surface area contributed by atoms with E-state index in [1.165, 1.54) is 18.4 Å². The summed E-state index contributed by atoms with van der Waals surface area (Å²) in [5, 5.41) is 8.19. The second-order valence-corrected chi connectivity index (χ2v) is 6.93. The Morgan fingerprint density at radius 2 is 1.76 bits per heavy atom. The summed E-state index contributed by atoms with van der Waals surface area (Å²) >= 11 is 1.51. The van der Waals surface area contributed by atoms with Crippen molar-refractivity contribution in [3.8, 4) is 10.6 Å². The lowest BCUT2D eigenvalue weighted by molar-refractivity contribution is -0.115. The third-order valence-electron chi connectivity index (χ3n) is 3.83. The number of carbonyl (C=O) groups excluding carboxylic acids is 2. The summed E-state index contributed by atoms with van der Waals surface area (Å²) in [5.74, 6) is -0.185. The van der Waals surface area contributed by atoms with E-state index in [2.05, 4.69) is 15.6 Å². The molecule has 0 bridgehead atoms. The number of thiazole rings is 1. The van der Waals surface area contributed by atoms with Crippen LogP contribution in [0.15, 0.2) is 60.0 Å². The molecule has 1 heterocycles. The van der Waals surface area contributed by atoms with E-state index in [0.29, 0.717) is 23.7 Å². The number of hydrogen-bond donors (Lipinski definition) is 2. The van der Waals surface area contributed by atoms with Crippen LogP contribution in [0.25, 0.3) is 10.6 Å². The molecule has 0 aliphatic heterocycles. The van der Waals surface area contributed by atoms with Gasteiger partial charge in [-0.2, -0.15) is 0 Å². The number of carbonyl (C=O) groups is 2. The maximum atomic E-state index is 12.4. The summed E-state index contributed by atoms with van der Waals surface area (Å²) in [6.45, 7) is 0.490. The molecule has 3 rings (SSSR count). The first-order chi connectivity index (χ1) is 14.1. The van der Waals surface area contributed by atoms with Gasteiger partial charge in [0.2, 0.25) is 5.91 Å². The Hall–Kier alpha value is -3.23. The van der Waals surface area contributed by atoms with Crippen molar-refractivity contribution in [2.24, 2.45) is 0 Å². The summed E-state index contributed by atoms with van der Waals surface area (Å²) in [4.78, 5) is 28.6. The predicted octanol–water partition coefficient (Wildman–Crippen LogP) is 4.19. The van der Waals surface area contributed by atoms with E-state index in [-0.39, 0.29) is 18.9 Å². The number of nitrogens with one attached hydrogen (secondary N) is 2. The van der Waals surface area contributed by atoms with E-state index < -0.39 is 6.09 Å². The van der Waals surface area contributed by atoms with Gasteiger partial charge in [0.05, 0.1) is 18.7 Å². The maximum absolute atomic E-state index is 12.4. The highest BCUT2D eigenvalue weighted by Gasteiger charge is 2.10. The molecular formula is C21H21N3O4S. The van der Waals surface area contributed by atoms with Crippen molar-refractivity contribution in [3.05, 3.63) is 65.7 Å². The summed E-state index contributed by atoms with van der Waals surface area (Å²) in [5.41, 5.74) is 2.83. The monoisotopic (exact) mass is 411 g/mol. The van der Waals surface area contributed by atoms with E-state index in [4.69, 9.17) is 9.47 Å². The Bertz CT molecular complexity index is 959. The molecule has 2 aromatic carbocycles. The molecule has 0 aliphatic rings. The van der Waals surface area contributed by atoms with Gasteiger partial charge in [0.15, 0.2) is 0 Å².